The highest BCUT2D eigenvalue weighted by atomic mass is 15.2. The Balaban J connectivity index is 1.55. The topological polar surface area (TPSA) is 54.2 Å². The summed E-state index contributed by atoms with van der Waals surface area (Å²) in [5.74, 6) is 1.91. The molecule has 146 valence electrons. The molecule has 0 fully saturated rings. The van der Waals surface area contributed by atoms with Crippen molar-refractivity contribution in [1.29, 1.82) is 0 Å². The molecule has 1 heterocycles. The first-order chi connectivity index (χ1) is 13.7. The van der Waals surface area contributed by atoms with E-state index in [0.717, 1.165) is 37.8 Å². The number of nitrogens with one attached hydrogen (secondary N) is 2. The van der Waals surface area contributed by atoms with Gasteiger partial charge in [0.05, 0.1) is 6.54 Å². The van der Waals surface area contributed by atoms with Crippen LogP contribution in [0.15, 0.2) is 72.0 Å². The van der Waals surface area contributed by atoms with Gasteiger partial charge in [0.1, 0.15) is 5.82 Å². The molecule has 28 heavy (non-hydrogen) atoms. The number of imidazole rings is 1. The Morgan fingerprint density at radius 3 is 2.64 bits per heavy atom. The lowest BCUT2D eigenvalue weighted by Crippen LogP contribution is -2.38. The number of hydrogen-bond donors (Lipinski definition) is 2. The molecule has 3 aromatic rings. The molecular weight excluding hydrogens is 346 g/mol. The number of guanidine groups is 1. The molecule has 0 aliphatic heterocycles. The van der Waals surface area contributed by atoms with Crippen molar-refractivity contribution in [3.63, 3.8) is 0 Å². The van der Waals surface area contributed by atoms with E-state index in [1.807, 2.05) is 18.5 Å². The molecule has 2 aromatic carbocycles. The van der Waals surface area contributed by atoms with Gasteiger partial charge in [-0.05, 0) is 25.0 Å². The molecule has 2 N–H and O–H groups in total. The molecular formula is C23H29N5. The number of aliphatic imine (C=N–C) groups is 1. The summed E-state index contributed by atoms with van der Waals surface area (Å²) in [5.41, 5.74) is 3.76. The zero-order valence-electron chi connectivity index (χ0n) is 16.7. The van der Waals surface area contributed by atoms with E-state index in [1.165, 1.54) is 16.7 Å². The maximum absolute atomic E-state index is 4.70. The summed E-state index contributed by atoms with van der Waals surface area (Å²) < 4.78 is 2.20. The highest BCUT2D eigenvalue weighted by molar-refractivity contribution is 5.79. The minimum absolute atomic E-state index is 0.666. The van der Waals surface area contributed by atoms with Gasteiger partial charge in [-0.1, -0.05) is 60.2 Å². The van der Waals surface area contributed by atoms with E-state index in [4.69, 9.17) is 4.99 Å². The number of nitrogens with zero attached hydrogens (tertiary/aromatic N) is 3. The summed E-state index contributed by atoms with van der Waals surface area (Å²) >= 11 is 0. The van der Waals surface area contributed by atoms with Gasteiger partial charge in [-0.15, -0.1) is 0 Å². The molecule has 1 aromatic heterocycles. The average molecular weight is 376 g/mol. The summed E-state index contributed by atoms with van der Waals surface area (Å²) in [7, 11) is 0. The summed E-state index contributed by atoms with van der Waals surface area (Å²) in [4.78, 5) is 9.22. The largest absolute Gasteiger partial charge is 0.357 e. The third-order valence-corrected chi connectivity index (χ3v) is 4.48. The molecule has 0 radical (unpaired) electrons. The van der Waals surface area contributed by atoms with Crippen LogP contribution >= 0.6 is 0 Å². The van der Waals surface area contributed by atoms with Gasteiger partial charge in [-0.2, -0.15) is 0 Å². The van der Waals surface area contributed by atoms with Gasteiger partial charge in [0.25, 0.3) is 0 Å². The van der Waals surface area contributed by atoms with Crippen LogP contribution in [0.25, 0.3) is 0 Å². The quantitative estimate of drug-likeness (QED) is 0.468. The molecule has 0 unspecified atom stereocenters. The second-order valence-electron chi connectivity index (χ2n) is 6.82. The predicted octanol–water partition coefficient (Wildman–Crippen LogP) is 3.54. The normalized spacial score (nSPS) is 11.4. The molecule has 0 spiro atoms. The van der Waals surface area contributed by atoms with Crippen LogP contribution in [0, 0.1) is 6.92 Å². The summed E-state index contributed by atoms with van der Waals surface area (Å²) in [5, 5.41) is 6.73. The second kappa shape index (κ2) is 10.3. The van der Waals surface area contributed by atoms with E-state index in [9.17, 15) is 0 Å². The zero-order chi connectivity index (χ0) is 19.6. The monoisotopic (exact) mass is 375 g/mol. The van der Waals surface area contributed by atoms with E-state index in [-0.39, 0.29) is 0 Å². The third-order valence-electron chi connectivity index (χ3n) is 4.48. The van der Waals surface area contributed by atoms with E-state index in [1.54, 1.807) is 0 Å². The van der Waals surface area contributed by atoms with Crippen molar-refractivity contribution in [2.75, 3.05) is 13.1 Å². The maximum atomic E-state index is 4.70. The smallest absolute Gasteiger partial charge is 0.191 e. The van der Waals surface area contributed by atoms with Crippen molar-refractivity contribution in [3.05, 3.63) is 89.5 Å². The Morgan fingerprint density at radius 2 is 1.86 bits per heavy atom. The first kappa shape index (κ1) is 19.7. The summed E-state index contributed by atoms with van der Waals surface area (Å²) in [6, 6.07) is 18.9. The van der Waals surface area contributed by atoms with E-state index < -0.39 is 0 Å². The van der Waals surface area contributed by atoms with Crippen LogP contribution in [0.2, 0.25) is 0 Å². The van der Waals surface area contributed by atoms with Gasteiger partial charge in [0.2, 0.25) is 0 Å². The molecule has 0 bridgehead atoms. The van der Waals surface area contributed by atoms with Crippen molar-refractivity contribution in [2.45, 2.75) is 33.4 Å². The van der Waals surface area contributed by atoms with Gasteiger partial charge in [0.15, 0.2) is 5.96 Å². The Hall–Kier alpha value is -3.08. The maximum Gasteiger partial charge on any atom is 0.191 e. The van der Waals surface area contributed by atoms with Gasteiger partial charge >= 0.3 is 0 Å². The van der Waals surface area contributed by atoms with Gasteiger partial charge in [-0.25, -0.2) is 9.98 Å². The molecule has 0 saturated heterocycles. The van der Waals surface area contributed by atoms with Crippen molar-refractivity contribution in [3.8, 4) is 0 Å². The average Bonchev–Trinajstić information content (AvgIpc) is 3.14. The Morgan fingerprint density at radius 1 is 1.04 bits per heavy atom. The van der Waals surface area contributed by atoms with E-state index in [2.05, 4.69) is 82.6 Å². The van der Waals surface area contributed by atoms with Crippen molar-refractivity contribution < 1.29 is 0 Å². The number of benzene rings is 2. The first-order valence-electron chi connectivity index (χ1n) is 9.86. The fourth-order valence-corrected chi connectivity index (χ4v) is 3.11. The second-order valence-corrected chi connectivity index (χ2v) is 6.82. The van der Waals surface area contributed by atoms with Crippen LogP contribution in [0.1, 0.15) is 29.4 Å². The molecule has 0 aliphatic carbocycles. The van der Waals surface area contributed by atoms with Gasteiger partial charge < -0.3 is 15.2 Å². The van der Waals surface area contributed by atoms with E-state index in [0.29, 0.717) is 6.54 Å². The van der Waals surface area contributed by atoms with Crippen molar-refractivity contribution in [1.82, 2.24) is 20.2 Å². The number of aryl methyl sites for hydroxylation is 1. The van der Waals surface area contributed by atoms with E-state index >= 15 is 0 Å². The standard InChI is InChI=1S/C23H29N5/c1-3-24-23(27-17-21-11-7-8-19(2)16-21)26-13-12-22-25-14-15-28(22)18-20-9-5-4-6-10-20/h4-11,14-16H,3,12-13,17-18H2,1-2H3,(H2,24,26,27). The van der Waals surface area contributed by atoms with Gasteiger partial charge in [-0.3, -0.25) is 0 Å². The van der Waals surface area contributed by atoms with Crippen molar-refractivity contribution in [2.24, 2.45) is 4.99 Å². The Kier molecular flexibility index (Phi) is 7.24. The molecule has 0 atom stereocenters. The van der Waals surface area contributed by atoms with Crippen LogP contribution in [0.5, 0.6) is 0 Å². The van der Waals surface area contributed by atoms with Crippen LogP contribution in [-0.4, -0.2) is 28.6 Å². The highest BCUT2D eigenvalue weighted by Crippen LogP contribution is 2.06. The fraction of sp³-hybridized carbons (Fsp3) is 0.304. The fourth-order valence-electron chi connectivity index (χ4n) is 3.11. The Bertz CT molecular complexity index is 883. The SMILES string of the molecule is CCNC(=NCc1cccc(C)c1)NCCc1nccn1Cc1ccccc1. The molecule has 5 heteroatoms. The first-order valence-corrected chi connectivity index (χ1v) is 9.86. The third kappa shape index (κ3) is 5.98. The lowest BCUT2D eigenvalue weighted by molar-refractivity contribution is 0.694. The predicted molar refractivity (Wildman–Crippen MR) is 115 cm³/mol. The highest BCUT2D eigenvalue weighted by Gasteiger charge is 2.05. The van der Waals surface area contributed by atoms with Crippen LogP contribution in [0.4, 0.5) is 0 Å². The molecule has 0 saturated carbocycles. The summed E-state index contributed by atoms with van der Waals surface area (Å²) in [6.45, 7) is 7.32. The van der Waals surface area contributed by atoms with Crippen LogP contribution in [0.3, 0.4) is 0 Å². The lowest BCUT2D eigenvalue weighted by Gasteiger charge is -2.12. The van der Waals surface area contributed by atoms with Crippen molar-refractivity contribution >= 4 is 5.96 Å². The number of rotatable bonds is 8. The summed E-state index contributed by atoms with van der Waals surface area (Å²) in [6.07, 6.45) is 4.75. The minimum Gasteiger partial charge on any atom is -0.357 e. The van der Waals surface area contributed by atoms with Crippen LogP contribution in [-0.2, 0) is 19.5 Å². The molecule has 0 aliphatic rings. The molecule has 0 amide bonds. The zero-order valence-corrected chi connectivity index (χ0v) is 16.7. The minimum atomic E-state index is 0.666. The van der Waals surface area contributed by atoms with Gasteiger partial charge in [0, 0.05) is 38.4 Å². The number of hydrogen-bond acceptors (Lipinski definition) is 2. The molecule has 3 rings (SSSR count). The van der Waals surface area contributed by atoms with Crippen LogP contribution < -0.4 is 10.6 Å². The molecule has 5 nitrogen and oxygen atoms in total. The number of aromatic nitrogens is 2. The Labute approximate surface area is 167 Å². The lowest BCUT2D eigenvalue weighted by atomic mass is 10.1.